The Morgan fingerprint density at radius 1 is 0.862 bits per heavy atom. The van der Waals surface area contributed by atoms with Gasteiger partial charge in [-0.3, -0.25) is 23.5 Å². The van der Waals surface area contributed by atoms with Gasteiger partial charge in [0.15, 0.2) is 11.6 Å². The fourth-order valence-electron chi connectivity index (χ4n) is 3.09. The second kappa shape index (κ2) is 8.10. The molecule has 1 aromatic heterocycles. The van der Waals surface area contributed by atoms with Crippen LogP contribution in [0.25, 0.3) is 0 Å². The molecular weight excluding hydrogens is 372 g/mol. The summed E-state index contributed by atoms with van der Waals surface area (Å²) in [7, 11) is 4.27. The first-order chi connectivity index (χ1) is 13.8. The lowest BCUT2D eigenvalue weighted by atomic mass is 9.98. The van der Waals surface area contributed by atoms with Crippen LogP contribution in [0.2, 0.25) is 0 Å². The van der Waals surface area contributed by atoms with Gasteiger partial charge in [-0.25, -0.2) is 4.79 Å². The molecule has 0 aliphatic rings. The van der Waals surface area contributed by atoms with Crippen molar-refractivity contribution in [3.05, 3.63) is 97.8 Å². The molecular formula is C22H20N2O5. The quantitative estimate of drug-likeness (QED) is 0.597. The highest BCUT2D eigenvalue weighted by molar-refractivity contribution is 6.10. The van der Waals surface area contributed by atoms with E-state index >= 15 is 0 Å². The van der Waals surface area contributed by atoms with Crippen molar-refractivity contribution in [1.29, 1.82) is 0 Å². The molecule has 29 heavy (non-hydrogen) atoms. The van der Waals surface area contributed by atoms with Gasteiger partial charge in [0, 0.05) is 30.9 Å². The third-order valence-electron chi connectivity index (χ3n) is 4.79. The Labute approximate surface area is 166 Å². The molecule has 2 aromatic carbocycles. The van der Waals surface area contributed by atoms with E-state index in [-0.39, 0.29) is 23.5 Å². The van der Waals surface area contributed by atoms with E-state index in [1.54, 1.807) is 54.6 Å². The van der Waals surface area contributed by atoms with Gasteiger partial charge in [0.25, 0.3) is 5.56 Å². The van der Waals surface area contributed by atoms with Gasteiger partial charge in [0.1, 0.15) is 11.3 Å². The molecule has 0 aliphatic heterocycles. The minimum atomic E-state index is -0.723. The van der Waals surface area contributed by atoms with Crippen molar-refractivity contribution in [2.75, 3.05) is 7.11 Å². The van der Waals surface area contributed by atoms with Crippen LogP contribution in [0.3, 0.4) is 0 Å². The predicted octanol–water partition coefficient (Wildman–Crippen LogP) is 1.75. The van der Waals surface area contributed by atoms with Gasteiger partial charge < -0.3 is 4.74 Å². The molecule has 3 aromatic rings. The normalized spacial score (nSPS) is 10.6. The van der Waals surface area contributed by atoms with E-state index in [2.05, 4.69) is 0 Å². The largest absolute Gasteiger partial charge is 0.497 e. The van der Waals surface area contributed by atoms with Gasteiger partial charge in [0.2, 0.25) is 0 Å². The Balaban J connectivity index is 2.12. The molecule has 3 rings (SSSR count). The number of rotatable bonds is 6. The van der Waals surface area contributed by atoms with Gasteiger partial charge in [0.05, 0.1) is 13.5 Å². The molecule has 0 atom stereocenters. The zero-order valence-electron chi connectivity index (χ0n) is 16.3. The van der Waals surface area contributed by atoms with Crippen molar-refractivity contribution in [2.45, 2.75) is 6.42 Å². The van der Waals surface area contributed by atoms with Crippen molar-refractivity contribution in [3.63, 3.8) is 0 Å². The highest BCUT2D eigenvalue weighted by Gasteiger charge is 2.24. The zero-order chi connectivity index (χ0) is 21.1. The van der Waals surface area contributed by atoms with E-state index in [1.807, 2.05) is 0 Å². The topological polar surface area (TPSA) is 87.4 Å². The van der Waals surface area contributed by atoms with E-state index < -0.39 is 17.0 Å². The fraction of sp³-hybridized carbons (Fsp3) is 0.182. The number of benzene rings is 2. The zero-order valence-corrected chi connectivity index (χ0v) is 16.3. The molecule has 0 amide bonds. The van der Waals surface area contributed by atoms with Crippen molar-refractivity contribution >= 4 is 11.6 Å². The second-order valence-corrected chi connectivity index (χ2v) is 6.55. The number of carbonyl (C=O) groups excluding carboxylic acids is 2. The molecule has 0 saturated carbocycles. The SMILES string of the molecule is COc1ccc(C(=O)Cc2c(C(=O)c3ccccc3)c(=O)n(C)c(=O)n2C)cc1. The molecule has 0 saturated heterocycles. The lowest BCUT2D eigenvalue weighted by Gasteiger charge is -2.14. The molecule has 0 bridgehead atoms. The third kappa shape index (κ3) is 3.80. The van der Waals surface area contributed by atoms with Crippen molar-refractivity contribution in [3.8, 4) is 5.75 Å². The summed E-state index contributed by atoms with van der Waals surface area (Å²) in [5.41, 5.74) is -0.717. The van der Waals surface area contributed by atoms with Crippen molar-refractivity contribution < 1.29 is 14.3 Å². The number of methoxy groups -OCH3 is 1. The van der Waals surface area contributed by atoms with Crippen LogP contribution in [0.4, 0.5) is 0 Å². The molecule has 0 aliphatic carbocycles. The number of aromatic nitrogens is 2. The Bertz CT molecular complexity index is 1190. The Morgan fingerprint density at radius 3 is 2.07 bits per heavy atom. The van der Waals surface area contributed by atoms with Gasteiger partial charge >= 0.3 is 5.69 Å². The average molecular weight is 392 g/mol. The number of ketones is 2. The number of hydrogen-bond donors (Lipinski definition) is 0. The molecule has 0 unspecified atom stereocenters. The lowest BCUT2D eigenvalue weighted by Crippen LogP contribution is -2.43. The predicted molar refractivity (Wildman–Crippen MR) is 108 cm³/mol. The van der Waals surface area contributed by atoms with Crippen LogP contribution < -0.4 is 16.0 Å². The summed E-state index contributed by atoms with van der Waals surface area (Å²) < 4.78 is 7.14. The molecule has 7 nitrogen and oxygen atoms in total. The molecule has 0 fully saturated rings. The lowest BCUT2D eigenvalue weighted by molar-refractivity contribution is 0.0989. The summed E-state index contributed by atoms with van der Waals surface area (Å²) in [6, 6.07) is 14.8. The number of hydrogen-bond acceptors (Lipinski definition) is 5. The van der Waals surface area contributed by atoms with Crippen LogP contribution in [-0.2, 0) is 20.5 Å². The maximum absolute atomic E-state index is 13.0. The summed E-state index contributed by atoms with van der Waals surface area (Å²) >= 11 is 0. The standard InChI is InChI=1S/C22H20N2O5/c1-23-17(13-18(25)14-9-11-16(29-3)12-10-14)19(21(27)24(2)22(23)28)20(26)15-7-5-4-6-8-15/h4-12H,13H2,1-3H3. The summed E-state index contributed by atoms with van der Waals surface area (Å²) in [6.45, 7) is 0. The minimum absolute atomic E-state index is 0.0905. The van der Waals surface area contributed by atoms with Crippen molar-refractivity contribution in [1.82, 2.24) is 9.13 Å². The van der Waals surface area contributed by atoms with E-state index in [1.165, 1.54) is 25.8 Å². The number of carbonyl (C=O) groups is 2. The smallest absolute Gasteiger partial charge is 0.330 e. The molecule has 1 heterocycles. The van der Waals surface area contributed by atoms with Crippen LogP contribution in [0.15, 0.2) is 64.2 Å². The summed E-state index contributed by atoms with van der Waals surface area (Å²) in [4.78, 5) is 51.0. The minimum Gasteiger partial charge on any atom is -0.497 e. The average Bonchev–Trinajstić information content (AvgIpc) is 2.76. The van der Waals surface area contributed by atoms with E-state index in [0.29, 0.717) is 16.9 Å². The monoisotopic (exact) mass is 392 g/mol. The summed E-state index contributed by atoms with van der Waals surface area (Å²) in [5, 5.41) is 0. The molecule has 7 heteroatoms. The van der Waals surface area contributed by atoms with Crippen LogP contribution in [0.5, 0.6) is 5.75 Å². The third-order valence-corrected chi connectivity index (χ3v) is 4.79. The Hall–Kier alpha value is -3.74. The number of ether oxygens (including phenoxy) is 1. The maximum Gasteiger partial charge on any atom is 0.330 e. The first kappa shape index (κ1) is 20.0. The summed E-state index contributed by atoms with van der Waals surface area (Å²) in [6.07, 6.45) is -0.262. The van der Waals surface area contributed by atoms with Crippen LogP contribution >= 0.6 is 0 Å². The molecule has 0 spiro atoms. The number of nitrogens with zero attached hydrogens (tertiary/aromatic N) is 2. The highest BCUT2D eigenvalue weighted by atomic mass is 16.5. The molecule has 0 radical (unpaired) electrons. The van der Waals surface area contributed by atoms with E-state index in [0.717, 1.165) is 4.57 Å². The van der Waals surface area contributed by atoms with Gasteiger partial charge in [-0.2, -0.15) is 0 Å². The highest BCUT2D eigenvalue weighted by Crippen LogP contribution is 2.16. The molecule has 0 N–H and O–H groups in total. The van der Waals surface area contributed by atoms with Crippen LogP contribution in [0, 0.1) is 0 Å². The number of Topliss-reactive ketones (excluding diaryl/α,β-unsaturated/α-hetero) is 1. The first-order valence-corrected chi connectivity index (χ1v) is 8.91. The van der Waals surface area contributed by atoms with E-state index in [4.69, 9.17) is 4.74 Å². The summed E-state index contributed by atoms with van der Waals surface area (Å²) in [5.74, 6) is -0.250. The Morgan fingerprint density at radius 2 is 1.48 bits per heavy atom. The van der Waals surface area contributed by atoms with Crippen LogP contribution in [-0.4, -0.2) is 27.8 Å². The van der Waals surface area contributed by atoms with Crippen LogP contribution in [0.1, 0.15) is 32.0 Å². The second-order valence-electron chi connectivity index (χ2n) is 6.55. The van der Waals surface area contributed by atoms with Gasteiger partial charge in [-0.15, -0.1) is 0 Å². The first-order valence-electron chi connectivity index (χ1n) is 8.91. The Kier molecular flexibility index (Phi) is 5.59. The maximum atomic E-state index is 13.0. The van der Waals surface area contributed by atoms with Gasteiger partial charge in [-0.05, 0) is 24.3 Å². The van der Waals surface area contributed by atoms with Gasteiger partial charge in [-0.1, -0.05) is 30.3 Å². The molecule has 148 valence electrons. The van der Waals surface area contributed by atoms with Crippen molar-refractivity contribution in [2.24, 2.45) is 14.1 Å². The van der Waals surface area contributed by atoms with E-state index in [9.17, 15) is 19.2 Å². The fourth-order valence-corrected chi connectivity index (χ4v) is 3.09.